The zero-order valence-corrected chi connectivity index (χ0v) is 7.30. The SMILES string of the molecule is C[C@H]1COc2ccccc2N1N=O. The molecule has 2 rings (SSSR count). The van der Waals surface area contributed by atoms with Crippen LogP contribution < -0.4 is 9.75 Å². The molecule has 0 N–H and O–H groups in total. The molecular weight excluding hydrogens is 168 g/mol. The van der Waals surface area contributed by atoms with Gasteiger partial charge in [0.25, 0.3) is 0 Å². The van der Waals surface area contributed by atoms with Crippen LogP contribution in [0.15, 0.2) is 29.6 Å². The Morgan fingerprint density at radius 2 is 2.31 bits per heavy atom. The van der Waals surface area contributed by atoms with Crippen molar-refractivity contribution in [2.45, 2.75) is 13.0 Å². The molecule has 1 aromatic rings. The molecule has 4 heteroatoms. The van der Waals surface area contributed by atoms with Crippen LogP contribution in [0.25, 0.3) is 0 Å². The second-order valence-electron chi connectivity index (χ2n) is 3.05. The topological polar surface area (TPSA) is 41.9 Å². The van der Waals surface area contributed by atoms with Crippen LogP contribution in [0.2, 0.25) is 0 Å². The van der Waals surface area contributed by atoms with Crippen molar-refractivity contribution in [2.24, 2.45) is 5.29 Å². The van der Waals surface area contributed by atoms with Crippen molar-refractivity contribution in [3.05, 3.63) is 29.2 Å². The maximum Gasteiger partial charge on any atom is 0.144 e. The standard InChI is InChI=1S/C9H10N2O2/c1-7-6-13-9-5-3-2-4-8(9)11(7)10-12/h2-5,7H,6H2,1H3/t7-/m0/s1. The van der Waals surface area contributed by atoms with E-state index in [0.29, 0.717) is 6.61 Å². The van der Waals surface area contributed by atoms with Gasteiger partial charge >= 0.3 is 0 Å². The van der Waals surface area contributed by atoms with Crippen LogP contribution in [0.1, 0.15) is 6.92 Å². The molecule has 0 saturated carbocycles. The molecule has 1 aliphatic rings. The Balaban J connectivity index is 2.45. The van der Waals surface area contributed by atoms with Gasteiger partial charge in [0.2, 0.25) is 0 Å². The average molecular weight is 178 g/mol. The lowest BCUT2D eigenvalue weighted by molar-refractivity contribution is 0.271. The van der Waals surface area contributed by atoms with Crippen molar-refractivity contribution in [3.63, 3.8) is 0 Å². The van der Waals surface area contributed by atoms with Crippen LogP contribution in [0, 0.1) is 4.91 Å². The van der Waals surface area contributed by atoms with E-state index in [4.69, 9.17) is 4.74 Å². The molecule has 0 aliphatic carbocycles. The number of nitroso groups, excluding NO2 is 1. The maximum atomic E-state index is 10.6. The molecule has 1 atom stereocenters. The number of hydrogen-bond acceptors (Lipinski definition) is 3. The van der Waals surface area contributed by atoms with Crippen molar-refractivity contribution < 1.29 is 4.74 Å². The first-order valence-electron chi connectivity index (χ1n) is 4.17. The van der Waals surface area contributed by atoms with Crippen LogP contribution in [0.3, 0.4) is 0 Å². The third kappa shape index (κ3) is 1.24. The van der Waals surface area contributed by atoms with E-state index < -0.39 is 0 Å². The predicted octanol–water partition coefficient (Wildman–Crippen LogP) is 1.96. The fraction of sp³-hybridized carbons (Fsp3) is 0.333. The summed E-state index contributed by atoms with van der Waals surface area (Å²) >= 11 is 0. The van der Waals surface area contributed by atoms with Gasteiger partial charge in [-0.1, -0.05) is 12.1 Å². The Morgan fingerprint density at radius 1 is 1.54 bits per heavy atom. The van der Waals surface area contributed by atoms with Crippen molar-refractivity contribution in [3.8, 4) is 5.75 Å². The Kier molecular flexibility index (Phi) is 1.88. The van der Waals surface area contributed by atoms with Gasteiger partial charge in [-0.3, -0.25) is 0 Å². The quantitative estimate of drug-likeness (QED) is 0.617. The highest BCUT2D eigenvalue weighted by Crippen LogP contribution is 2.33. The van der Waals surface area contributed by atoms with Gasteiger partial charge < -0.3 is 4.74 Å². The summed E-state index contributed by atoms with van der Waals surface area (Å²) in [5.41, 5.74) is 0.747. The number of rotatable bonds is 1. The highest BCUT2D eigenvalue weighted by atomic mass is 16.5. The van der Waals surface area contributed by atoms with Gasteiger partial charge in [0.05, 0.1) is 11.3 Å². The molecule has 0 radical (unpaired) electrons. The Bertz CT molecular complexity index is 327. The number of fused-ring (bicyclic) bond motifs is 1. The number of nitrogens with zero attached hydrogens (tertiary/aromatic N) is 2. The summed E-state index contributed by atoms with van der Waals surface area (Å²) in [6.45, 7) is 2.40. The van der Waals surface area contributed by atoms with Crippen molar-refractivity contribution in [2.75, 3.05) is 11.6 Å². The summed E-state index contributed by atoms with van der Waals surface area (Å²) in [5, 5.41) is 4.42. The summed E-state index contributed by atoms with van der Waals surface area (Å²) in [4.78, 5) is 10.6. The average Bonchev–Trinajstić information content (AvgIpc) is 2.18. The molecule has 0 amide bonds. The molecule has 4 nitrogen and oxygen atoms in total. The smallest absolute Gasteiger partial charge is 0.144 e. The molecule has 0 fully saturated rings. The van der Waals surface area contributed by atoms with E-state index >= 15 is 0 Å². The lowest BCUT2D eigenvalue weighted by Gasteiger charge is -2.29. The molecular formula is C9H10N2O2. The molecule has 13 heavy (non-hydrogen) atoms. The summed E-state index contributed by atoms with van der Waals surface area (Å²) in [7, 11) is 0. The van der Waals surface area contributed by atoms with E-state index in [1.54, 1.807) is 0 Å². The van der Waals surface area contributed by atoms with Crippen LogP contribution in [-0.2, 0) is 0 Å². The lowest BCUT2D eigenvalue weighted by atomic mass is 10.2. The Labute approximate surface area is 76.1 Å². The first kappa shape index (κ1) is 8.04. The highest BCUT2D eigenvalue weighted by Gasteiger charge is 2.24. The minimum atomic E-state index is 0.00685. The van der Waals surface area contributed by atoms with Gasteiger partial charge in [-0.25, -0.2) is 5.01 Å². The van der Waals surface area contributed by atoms with E-state index in [1.807, 2.05) is 31.2 Å². The molecule has 0 saturated heterocycles. The van der Waals surface area contributed by atoms with E-state index in [9.17, 15) is 4.91 Å². The van der Waals surface area contributed by atoms with Gasteiger partial charge in [-0.2, -0.15) is 0 Å². The fourth-order valence-electron chi connectivity index (χ4n) is 1.41. The molecule has 0 unspecified atom stereocenters. The maximum absolute atomic E-state index is 10.6. The Hall–Kier alpha value is -1.58. The lowest BCUT2D eigenvalue weighted by Crippen LogP contribution is -2.36. The first-order valence-corrected chi connectivity index (χ1v) is 4.17. The second-order valence-corrected chi connectivity index (χ2v) is 3.05. The van der Waals surface area contributed by atoms with Crippen LogP contribution in [0.5, 0.6) is 5.75 Å². The van der Waals surface area contributed by atoms with E-state index in [0.717, 1.165) is 11.4 Å². The number of ether oxygens (including phenoxy) is 1. The minimum absolute atomic E-state index is 0.00685. The third-order valence-electron chi connectivity index (χ3n) is 2.10. The van der Waals surface area contributed by atoms with Crippen molar-refractivity contribution >= 4 is 5.69 Å². The number of hydrogen-bond donors (Lipinski definition) is 0. The largest absolute Gasteiger partial charge is 0.489 e. The summed E-state index contributed by atoms with van der Waals surface area (Å²) in [6.07, 6.45) is 0. The molecule has 0 bridgehead atoms. The monoisotopic (exact) mass is 178 g/mol. The minimum Gasteiger partial charge on any atom is -0.489 e. The summed E-state index contributed by atoms with van der Waals surface area (Å²) < 4.78 is 5.43. The molecule has 68 valence electrons. The van der Waals surface area contributed by atoms with Gasteiger partial charge in [-0.15, -0.1) is 4.91 Å². The number of benzene rings is 1. The van der Waals surface area contributed by atoms with Gasteiger partial charge in [0.1, 0.15) is 18.0 Å². The number of anilines is 1. The zero-order chi connectivity index (χ0) is 9.26. The van der Waals surface area contributed by atoms with E-state index in [2.05, 4.69) is 5.29 Å². The summed E-state index contributed by atoms with van der Waals surface area (Å²) in [6, 6.07) is 7.40. The van der Waals surface area contributed by atoms with Crippen molar-refractivity contribution in [1.29, 1.82) is 0 Å². The molecule has 1 heterocycles. The normalized spacial score (nSPS) is 20.4. The third-order valence-corrected chi connectivity index (χ3v) is 2.10. The molecule has 1 aliphatic heterocycles. The van der Waals surface area contributed by atoms with Gasteiger partial charge in [0, 0.05) is 0 Å². The van der Waals surface area contributed by atoms with Crippen LogP contribution in [0.4, 0.5) is 5.69 Å². The predicted molar refractivity (Wildman–Crippen MR) is 49.7 cm³/mol. The summed E-state index contributed by atoms with van der Waals surface area (Å²) in [5.74, 6) is 0.722. The van der Waals surface area contributed by atoms with Crippen LogP contribution in [-0.4, -0.2) is 12.6 Å². The van der Waals surface area contributed by atoms with Gasteiger partial charge in [-0.05, 0) is 19.1 Å². The highest BCUT2D eigenvalue weighted by molar-refractivity contribution is 5.59. The first-order chi connectivity index (χ1) is 6.33. The number of para-hydroxylation sites is 2. The molecule has 1 aromatic carbocycles. The molecule has 0 spiro atoms. The van der Waals surface area contributed by atoms with Gasteiger partial charge in [0.15, 0.2) is 0 Å². The fourth-order valence-corrected chi connectivity index (χ4v) is 1.41. The van der Waals surface area contributed by atoms with Crippen LogP contribution >= 0.6 is 0 Å². The van der Waals surface area contributed by atoms with Crippen molar-refractivity contribution in [1.82, 2.24) is 0 Å². The molecule has 0 aromatic heterocycles. The van der Waals surface area contributed by atoms with E-state index in [-0.39, 0.29) is 6.04 Å². The Morgan fingerprint density at radius 3 is 3.08 bits per heavy atom. The second kappa shape index (κ2) is 3.05. The zero-order valence-electron chi connectivity index (χ0n) is 7.30. The van der Waals surface area contributed by atoms with E-state index in [1.165, 1.54) is 5.01 Å².